The molecule has 0 spiro atoms. The van der Waals surface area contributed by atoms with Crippen molar-refractivity contribution in [1.82, 2.24) is 19.5 Å². The fourth-order valence-corrected chi connectivity index (χ4v) is 5.74. The number of fused-ring (bicyclic) bond motifs is 1. The molecule has 2 aromatic carbocycles. The van der Waals surface area contributed by atoms with E-state index in [0.717, 1.165) is 62.2 Å². The van der Waals surface area contributed by atoms with Crippen LogP contribution in [0, 0.1) is 6.92 Å². The Morgan fingerprint density at radius 3 is 2.54 bits per heavy atom. The lowest BCUT2D eigenvalue weighted by Gasteiger charge is -2.32. The van der Waals surface area contributed by atoms with Gasteiger partial charge in [-0.3, -0.25) is 0 Å². The second-order valence-corrected chi connectivity index (χ2v) is 11.4. The number of piperazine rings is 1. The monoisotopic (exact) mass is 518 g/mol. The molecule has 1 aliphatic rings. The number of nitrogens with one attached hydrogen (secondary N) is 2. The van der Waals surface area contributed by atoms with Crippen molar-refractivity contribution in [2.75, 3.05) is 52.9 Å². The van der Waals surface area contributed by atoms with Gasteiger partial charge in [0.25, 0.3) is 0 Å². The summed E-state index contributed by atoms with van der Waals surface area (Å²) < 4.78 is 33.9. The smallest absolute Gasteiger partial charge is 0.240 e. The van der Waals surface area contributed by atoms with Crippen molar-refractivity contribution >= 4 is 32.5 Å². The van der Waals surface area contributed by atoms with E-state index in [0.29, 0.717) is 30.3 Å². The molecule has 0 aliphatic carbocycles. The van der Waals surface area contributed by atoms with Crippen molar-refractivity contribution in [3.63, 3.8) is 0 Å². The lowest BCUT2D eigenvalue weighted by Crippen LogP contribution is -2.44. The van der Waals surface area contributed by atoms with Crippen molar-refractivity contribution in [2.24, 2.45) is 0 Å². The molecule has 2 heterocycles. The van der Waals surface area contributed by atoms with Gasteiger partial charge in [0.05, 0.1) is 11.5 Å². The van der Waals surface area contributed by atoms with Gasteiger partial charge < -0.3 is 19.5 Å². The van der Waals surface area contributed by atoms with Crippen LogP contribution in [0.15, 0.2) is 47.4 Å². The summed E-state index contributed by atoms with van der Waals surface area (Å²) in [5.74, 6) is 0.691. The minimum absolute atomic E-state index is 0.248. The summed E-state index contributed by atoms with van der Waals surface area (Å²) in [4.78, 5) is 8.42. The van der Waals surface area contributed by atoms with E-state index in [2.05, 4.69) is 26.6 Å². The molecule has 3 aromatic rings. The Balaban J connectivity index is 1.21. The number of sulfonamides is 1. The van der Waals surface area contributed by atoms with Crippen molar-refractivity contribution in [2.45, 2.75) is 31.1 Å². The third kappa shape index (κ3) is 6.98. The molecule has 1 aromatic heterocycles. The average Bonchev–Trinajstić information content (AvgIpc) is 3.15. The minimum Gasteiger partial charge on any atom is -0.494 e. The Kier molecular flexibility index (Phi) is 8.73. The predicted molar refractivity (Wildman–Crippen MR) is 142 cm³/mol. The first kappa shape index (κ1) is 26.0. The van der Waals surface area contributed by atoms with E-state index in [4.69, 9.17) is 16.3 Å². The van der Waals surface area contributed by atoms with Crippen molar-refractivity contribution in [3.05, 3.63) is 58.7 Å². The Labute approximate surface area is 213 Å². The Morgan fingerprint density at radius 2 is 1.80 bits per heavy atom. The maximum atomic E-state index is 12.7. The zero-order valence-corrected chi connectivity index (χ0v) is 22.1. The zero-order valence-electron chi connectivity index (χ0n) is 20.5. The number of rotatable bonds is 11. The third-order valence-electron chi connectivity index (χ3n) is 6.59. The summed E-state index contributed by atoms with van der Waals surface area (Å²) in [6.07, 6.45) is 2.40. The Bertz CT molecular complexity index is 1220. The maximum absolute atomic E-state index is 12.7. The first-order valence-corrected chi connectivity index (χ1v) is 14.1. The number of aryl methyl sites for hydroxylation is 2. The molecule has 4 rings (SSSR count). The quantitative estimate of drug-likeness (QED) is 0.374. The molecule has 2 N–H and O–H groups in total. The van der Waals surface area contributed by atoms with Crippen molar-refractivity contribution < 1.29 is 13.2 Å². The molecular weight excluding hydrogens is 484 g/mol. The van der Waals surface area contributed by atoms with Crippen LogP contribution in [0.2, 0.25) is 5.02 Å². The van der Waals surface area contributed by atoms with Gasteiger partial charge in [-0.1, -0.05) is 11.6 Å². The Morgan fingerprint density at radius 1 is 1.06 bits per heavy atom. The lowest BCUT2D eigenvalue weighted by atomic mass is 10.1. The number of hydrogen-bond donors (Lipinski definition) is 2. The molecule has 9 heteroatoms. The van der Waals surface area contributed by atoms with Gasteiger partial charge in [0.1, 0.15) is 5.75 Å². The van der Waals surface area contributed by atoms with Gasteiger partial charge in [-0.2, -0.15) is 0 Å². The number of likely N-dealkylation sites (N-methyl/N-ethyl adjacent to an activating group) is 1. The summed E-state index contributed by atoms with van der Waals surface area (Å²) in [6, 6.07) is 12.4. The van der Waals surface area contributed by atoms with Gasteiger partial charge in [-0.05, 0) is 81.3 Å². The van der Waals surface area contributed by atoms with Gasteiger partial charge in [-0.25, -0.2) is 13.1 Å². The van der Waals surface area contributed by atoms with Crippen LogP contribution in [0.3, 0.4) is 0 Å². The van der Waals surface area contributed by atoms with Crippen LogP contribution in [0.4, 0.5) is 0 Å². The molecule has 0 unspecified atom stereocenters. The fraction of sp³-hybridized carbons (Fsp3) is 0.462. The molecule has 0 saturated carbocycles. The van der Waals surface area contributed by atoms with E-state index in [1.165, 1.54) is 5.56 Å². The molecular formula is C26H35ClN4O3S. The molecule has 1 aliphatic heterocycles. The second kappa shape index (κ2) is 11.8. The summed E-state index contributed by atoms with van der Waals surface area (Å²) in [6.45, 7) is 8.47. The topological polar surface area (TPSA) is 77.7 Å². The maximum Gasteiger partial charge on any atom is 0.240 e. The number of ether oxygens (including phenoxy) is 1. The number of hydrogen-bond acceptors (Lipinski definition) is 5. The number of H-pyrrole nitrogens is 1. The molecule has 7 nitrogen and oxygen atoms in total. The third-order valence-corrected chi connectivity index (χ3v) is 8.31. The van der Waals surface area contributed by atoms with Crippen LogP contribution in [-0.4, -0.2) is 76.1 Å². The predicted octanol–water partition coefficient (Wildman–Crippen LogP) is 4.06. The van der Waals surface area contributed by atoms with E-state index in [-0.39, 0.29) is 4.90 Å². The summed E-state index contributed by atoms with van der Waals surface area (Å²) in [5, 5.41) is 1.79. The molecule has 190 valence electrons. The number of benzene rings is 2. The highest BCUT2D eigenvalue weighted by Crippen LogP contribution is 2.26. The highest BCUT2D eigenvalue weighted by molar-refractivity contribution is 7.89. The van der Waals surface area contributed by atoms with Crippen LogP contribution in [-0.2, 0) is 16.4 Å². The van der Waals surface area contributed by atoms with Gasteiger partial charge in [-0.15, -0.1) is 0 Å². The highest BCUT2D eigenvalue weighted by Gasteiger charge is 2.15. The van der Waals surface area contributed by atoms with E-state index in [9.17, 15) is 8.42 Å². The SMILES string of the molecule is Cc1[nH]c2ccc(Cl)cc2c1CCCNS(=O)(=O)c1ccc(OCCCN2CCN(C)CC2)cc1. The summed E-state index contributed by atoms with van der Waals surface area (Å²) >= 11 is 6.15. The standard InChI is InChI=1S/C26H35ClN4O3S/c1-20-24(25-19-21(27)6-11-26(25)29-20)5-3-12-28-35(32,33)23-9-7-22(8-10-23)34-18-4-13-31-16-14-30(2)15-17-31/h6-11,19,28-29H,3-5,12-18H2,1-2H3. The van der Waals surface area contributed by atoms with Crippen LogP contribution in [0.5, 0.6) is 5.75 Å². The van der Waals surface area contributed by atoms with E-state index < -0.39 is 10.0 Å². The second-order valence-electron chi connectivity index (χ2n) is 9.24. The lowest BCUT2D eigenvalue weighted by molar-refractivity contribution is 0.145. The first-order chi connectivity index (χ1) is 16.8. The van der Waals surface area contributed by atoms with Gasteiger partial charge in [0.15, 0.2) is 0 Å². The molecule has 0 atom stereocenters. The van der Waals surface area contributed by atoms with Crippen molar-refractivity contribution in [3.8, 4) is 5.75 Å². The molecule has 0 radical (unpaired) electrons. The van der Waals surface area contributed by atoms with E-state index in [1.54, 1.807) is 24.3 Å². The summed E-state index contributed by atoms with van der Waals surface area (Å²) in [7, 11) is -1.41. The molecule has 35 heavy (non-hydrogen) atoms. The molecule has 1 saturated heterocycles. The van der Waals surface area contributed by atoms with Gasteiger partial charge in [0, 0.05) is 60.9 Å². The van der Waals surface area contributed by atoms with Gasteiger partial charge >= 0.3 is 0 Å². The molecule has 0 bridgehead atoms. The molecule has 1 fully saturated rings. The Hall–Kier alpha value is -2.10. The van der Waals surface area contributed by atoms with Gasteiger partial charge in [0.2, 0.25) is 10.0 Å². The van der Waals surface area contributed by atoms with Crippen molar-refractivity contribution in [1.29, 1.82) is 0 Å². The number of halogens is 1. The number of aromatic amines is 1. The van der Waals surface area contributed by atoms with E-state index in [1.807, 2.05) is 25.1 Å². The molecule has 0 amide bonds. The van der Waals surface area contributed by atoms with Crippen LogP contribution >= 0.6 is 11.6 Å². The van der Waals surface area contributed by atoms with Crippen LogP contribution < -0.4 is 9.46 Å². The zero-order chi connectivity index (χ0) is 24.8. The summed E-state index contributed by atoms with van der Waals surface area (Å²) in [5.41, 5.74) is 3.31. The number of aromatic nitrogens is 1. The largest absolute Gasteiger partial charge is 0.494 e. The van der Waals surface area contributed by atoms with Crippen LogP contribution in [0.25, 0.3) is 10.9 Å². The minimum atomic E-state index is -3.57. The fourth-order valence-electron chi connectivity index (χ4n) is 4.50. The van der Waals surface area contributed by atoms with Crippen LogP contribution in [0.1, 0.15) is 24.1 Å². The van der Waals surface area contributed by atoms with E-state index >= 15 is 0 Å². The normalized spacial score (nSPS) is 15.6. The average molecular weight is 519 g/mol. The number of nitrogens with zero attached hydrogens (tertiary/aromatic N) is 2. The first-order valence-electron chi connectivity index (χ1n) is 12.2. The highest BCUT2D eigenvalue weighted by atomic mass is 35.5.